The van der Waals surface area contributed by atoms with Crippen LogP contribution in [0.4, 0.5) is 0 Å². The first-order chi connectivity index (χ1) is 29.4. The van der Waals surface area contributed by atoms with Crippen LogP contribution < -0.4 is 4.89 Å². The number of carbonyl (C=O) groups excluding carboxylic acids is 2. The lowest BCUT2D eigenvalue weighted by Gasteiger charge is -2.28. The van der Waals surface area contributed by atoms with Gasteiger partial charge in [0, 0.05) is 12.8 Å². The van der Waals surface area contributed by atoms with E-state index in [0.29, 0.717) is 36.7 Å². The third kappa shape index (κ3) is 45.5. The summed E-state index contributed by atoms with van der Waals surface area (Å²) in [5.41, 5.74) is 0. The molecule has 11 heteroatoms. The van der Waals surface area contributed by atoms with Crippen LogP contribution in [0.1, 0.15) is 187 Å². The maximum absolute atomic E-state index is 12.7. The van der Waals surface area contributed by atoms with Gasteiger partial charge in [0.15, 0.2) is 6.10 Å². The molecule has 0 bridgehead atoms. The monoisotopic (exact) mass is 880 g/mol. The van der Waals surface area contributed by atoms with E-state index in [4.69, 9.17) is 18.5 Å². The summed E-state index contributed by atoms with van der Waals surface area (Å²) in [4.78, 5) is 37.6. The zero-order valence-electron chi connectivity index (χ0n) is 39.5. The van der Waals surface area contributed by atoms with Crippen molar-refractivity contribution in [3.63, 3.8) is 0 Å². The maximum atomic E-state index is 12.7. The van der Waals surface area contributed by atoms with Crippen molar-refractivity contribution in [2.75, 3.05) is 47.5 Å². The van der Waals surface area contributed by atoms with E-state index in [1.165, 1.54) is 103 Å². The minimum absolute atomic E-state index is 0.0543. The molecule has 0 saturated carbocycles. The highest BCUT2D eigenvalue weighted by Crippen LogP contribution is 2.38. The summed E-state index contributed by atoms with van der Waals surface area (Å²) in [5, 5.41) is 10.1. The highest BCUT2D eigenvalue weighted by Gasteiger charge is 2.21. The molecular formula is C50H90NO9P. The molecule has 1 unspecified atom stereocenters. The summed E-state index contributed by atoms with van der Waals surface area (Å²) in [7, 11) is 1.09. The molecule has 0 aliphatic rings. The van der Waals surface area contributed by atoms with Gasteiger partial charge in [0.1, 0.15) is 19.8 Å². The van der Waals surface area contributed by atoms with Crippen LogP contribution in [0.5, 0.6) is 0 Å². The number of aliphatic hydroxyl groups excluding tert-OH is 1. The minimum atomic E-state index is -4.66. The minimum Gasteiger partial charge on any atom is -0.756 e. The van der Waals surface area contributed by atoms with Crippen LogP contribution in [0, 0.1) is 0 Å². The molecule has 0 heterocycles. The zero-order valence-corrected chi connectivity index (χ0v) is 40.4. The van der Waals surface area contributed by atoms with Crippen LogP contribution in [-0.2, 0) is 32.7 Å². The molecule has 0 aliphatic carbocycles. The average Bonchev–Trinajstić information content (AvgIpc) is 3.21. The van der Waals surface area contributed by atoms with Crippen LogP contribution in [0.2, 0.25) is 0 Å². The van der Waals surface area contributed by atoms with E-state index in [-0.39, 0.29) is 26.1 Å². The van der Waals surface area contributed by atoms with Gasteiger partial charge in [0.05, 0.1) is 33.9 Å². The summed E-state index contributed by atoms with van der Waals surface area (Å²) in [6, 6.07) is 0. The van der Waals surface area contributed by atoms with Gasteiger partial charge in [-0.3, -0.25) is 14.2 Å². The summed E-state index contributed by atoms with van der Waals surface area (Å²) >= 11 is 0. The molecule has 10 nitrogen and oxygen atoms in total. The SMILES string of the molecule is CCCCC/C=C\C[C@H](O)/C=C/C=C\C/C=C\CCCC(=O)O[C@H](COC(=O)CCCCCCCCCCC/C=C\CCCCCCCC)COP(=O)([O-])OCC[N+](C)(C)C. The Kier molecular flexibility index (Phi) is 40.1. The third-order valence-corrected chi connectivity index (χ3v) is 11.1. The number of allylic oxidation sites excluding steroid dienone is 8. The molecule has 0 aromatic carbocycles. The molecule has 0 radical (unpaired) electrons. The van der Waals surface area contributed by atoms with Crippen LogP contribution >= 0.6 is 7.82 Å². The second-order valence-corrected chi connectivity index (χ2v) is 18.7. The second-order valence-electron chi connectivity index (χ2n) is 17.3. The lowest BCUT2D eigenvalue weighted by molar-refractivity contribution is -0.870. The Morgan fingerprint density at radius 1 is 0.607 bits per heavy atom. The fraction of sp³-hybridized carbons (Fsp3) is 0.760. The number of hydrogen-bond acceptors (Lipinski definition) is 9. The summed E-state index contributed by atoms with van der Waals surface area (Å²) in [6.45, 7) is 4.04. The van der Waals surface area contributed by atoms with Gasteiger partial charge in [-0.05, 0) is 70.6 Å². The molecule has 1 N–H and O–H groups in total. The van der Waals surface area contributed by atoms with Crippen molar-refractivity contribution in [2.24, 2.45) is 0 Å². The lowest BCUT2D eigenvalue weighted by Crippen LogP contribution is -2.37. The van der Waals surface area contributed by atoms with Crippen LogP contribution in [0.3, 0.4) is 0 Å². The van der Waals surface area contributed by atoms with Crippen LogP contribution in [-0.4, -0.2) is 81.2 Å². The molecule has 0 aromatic heterocycles. The second kappa shape index (κ2) is 41.7. The number of phosphoric ester groups is 1. The standard InChI is InChI=1S/C50H90NO9P/c1-6-8-10-12-14-15-16-17-18-19-20-21-22-23-24-25-29-33-37-41-49(53)57-45-48(46-59-61(55,56)58-44-43-51(3,4)5)60-50(54)42-38-34-30-27-26-28-32-36-40-47(52)39-35-31-13-11-9-7-2/h17-18,27-28,30-32,35-36,40,47-48,52H,6-16,19-26,29,33-34,37-39,41-46H2,1-5H3/b18-17-,30-27-,32-28-,35-31-,40-36+/t47-,48+/m0/s1. The van der Waals surface area contributed by atoms with Gasteiger partial charge in [-0.25, -0.2) is 0 Å². The molecule has 0 fully saturated rings. The number of unbranched alkanes of at least 4 members (excludes halogenated alkanes) is 19. The van der Waals surface area contributed by atoms with E-state index in [1.54, 1.807) is 6.08 Å². The van der Waals surface area contributed by atoms with E-state index < -0.39 is 38.6 Å². The molecule has 0 spiro atoms. The summed E-state index contributed by atoms with van der Waals surface area (Å²) in [5.74, 6) is -0.942. The molecule has 0 rings (SSSR count). The van der Waals surface area contributed by atoms with E-state index in [1.807, 2.05) is 57.6 Å². The number of aliphatic hydroxyl groups is 1. The largest absolute Gasteiger partial charge is 0.756 e. The van der Waals surface area contributed by atoms with Gasteiger partial charge in [0.25, 0.3) is 7.82 Å². The highest BCUT2D eigenvalue weighted by molar-refractivity contribution is 7.45. The molecule has 354 valence electrons. The van der Waals surface area contributed by atoms with Gasteiger partial charge in [-0.2, -0.15) is 0 Å². The van der Waals surface area contributed by atoms with Crippen molar-refractivity contribution >= 4 is 19.8 Å². The molecule has 3 atom stereocenters. The Balaban J connectivity index is 4.44. The van der Waals surface area contributed by atoms with Gasteiger partial charge >= 0.3 is 11.9 Å². The molecular weight excluding hydrogens is 790 g/mol. The van der Waals surface area contributed by atoms with Gasteiger partial charge in [0.2, 0.25) is 0 Å². The van der Waals surface area contributed by atoms with Crippen LogP contribution in [0.15, 0.2) is 60.8 Å². The van der Waals surface area contributed by atoms with Crippen molar-refractivity contribution in [1.82, 2.24) is 0 Å². The van der Waals surface area contributed by atoms with Crippen molar-refractivity contribution in [3.05, 3.63) is 60.8 Å². The number of hydrogen-bond donors (Lipinski definition) is 1. The van der Waals surface area contributed by atoms with E-state index >= 15 is 0 Å². The Bertz CT molecular complexity index is 1240. The van der Waals surface area contributed by atoms with Gasteiger partial charge in [-0.1, -0.05) is 164 Å². The third-order valence-electron chi connectivity index (χ3n) is 10.1. The molecule has 0 saturated heterocycles. The van der Waals surface area contributed by atoms with Crippen molar-refractivity contribution in [1.29, 1.82) is 0 Å². The first-order valence-corrected chi connectivity index (χ1v) is 25.6. The normalized spacial score (nSPS) is 14.5. The van der Waals surface area contributed by atoms with Crippen molar-refractivity contribution in [2.45, 2.75) is 199 Å². The first-order valence-electron chi connectivity index (χ1n) is 24.1. The Morgan fingerprint density at radius 2 is 1.11 bits per heavy atom. The number of carbonyl (C=O) groups is 2. The number of likely N-dealkylation sites (N-methyl/N-ethyl adjacent to an activating group) is 1. The van der Waals surface area contributed by atoms with Crippen molar-refractivity contribution < 1.29 is 47.2 Å². The number of ether oxygens (including phenoxy) is 2. The summed E-state index contributed by atoms with van der Waals surface area (Å²) in [6.07, 6.45) is 47.1. The van der Waals surface area contributed by atoms with Crippen molar-refractivity contribution in [3.8, 4) is 0 Å². The fourth-order valence-corrected chi connectivity index (χ4v) is 6.98. The first kappa shape index (κ1) is 58.7. The van der Waals surface area contributed by atoms with Gasteiger partial charge < -0.3 is 33.0 Å². The Labute approximate surface area is 373 Å². The number of quaternary nitrogens is 1. The predicted molar refractivity (Wildman–Crippen MR) is 251 cm³/mol. The number of rotatable bonds is 43. The van der Waals surface area contributed by atoms with E-state index in [0.717, 1.165) is 32.1 Å². The quantitative estimate of drug-likeness (QED) is 0.0159. The highest BCUT2D eigenvalue weighted by atomic mass is 31.2. The molecule has 0 aromatic rings. The maximum Gasteiger partial charge on any atom is 0.306 e. The molecule has 61 heavy (non-hydrogen) atoms. The predicted octanol–water partition coefficient (Wildman–Crippen LogP) is 12.4. The molecule has 0 amide bonds. The Morgan fingerprint density at radius 3 is 1.74 bits per heavy atom. The number of nitrogens with zero attached hydrogens (tertiary/aromatic N) is 1. The van der Waals surface area contributed by atoms with E-state index in [9.17, 15) is 24.2 Å². The number of phosphoric acid groups is 1. The van der Waals surface area contributed by atoms with Crippen LogP contribution in [0.25, 0.3) is 0 Å². The molecule has 0 aliphatic heterocycles. The van der Waals surface area contributed by atoms with Gasteiger partial charge in [-0.15, -0.1) is 0 Å². The topological polar surface area (TPSA) is 131 Å². The fourth-order valence-electron chi connectivity index (χ4n) is 6.26. The smallest absolute Gasteiger partial charge is 0.306 e. The number of esters is 2. The zero-order chi connectivity index (χ0) is 45.1. The lowest BCUT2D eigenvalue weighted by atomic mass is 10.1. The summed E-state index contributed by atoms with van der Waals surface area (Å²) < 4.78 is 33.9. The van der Waals surface area contributed by atoms with E-state index in [2.05, 4.69) is 32.1 Å². The average molecular weight is 880 g/mol. The Hall–Kier alpha value is -2.33.